The van der Waals surface area contributed by atoms with Crippen LogP contribution in [-0.4, -0.2) is 25.1 Å². The minimum absolute atomic E-state index is 0.0880. The average Bonchev–Trinajstić information content (AvgIpc) is 2.42. The van der Waals surface area contributed by atoms with Gasteiger partial charge in [0.15, 0.2) is 8.32 Å². The summed E-state index contributed by atoms with van der Waals surface area (Å²) in [6, 6.07) is 10.2. The first-order valence-corrected chi connectivity index (χ1v) is 11.5. The summed E-state index contributed by atoms with van der Waals surface area (Å²) in [5, 5.41) is 0.136. The highest BCUT2D eigenvalue weighted by molar-refractivity contribution is 9.09. The van der Waals surface area contributed by atoms with Crippen molar-refractivity contribution in [3.8, 4) is 0 Å². The number of allylic oxidation sites excluding steroid dienone is 1. The Morgan fingerprint density at radius 2 is 1.81 bits per heavy atom. The standard InChI is InChI=1S/C17H26BrClOSi/c1-17(2,3)21(4,5)20-13-15(18)16(19)12-11-14-9-7-6-8-10-14/h6-12,15-16H,13H2,1-5H3/b12-11+. The molecule has 0 saturated carbocycles. The van der Waals surface area contributed by atoms with Crippen LogP contribution in [0.1, 0.15) is 26.3 Å². The third-order valence-electron chi connectivity index (χ3n) is 4.03. The van der Waals surface area contributed by atoms with Crippen molar-refractivity contribution in [1.29, 1.82) is 0 Å². The summed E-state index contributed by atoms with van der Waals surface area (Å²) in [5.41, 5.74) is 1.16. The maximum absolute atomic E-state index is 6.43. The van der Waals surface area contributed by atoms with E-state index in [9.17, 15) is 0 Å². The van der Waals surface area contributed by atoms with Gasteiger partial charge in [-0.1, -0.05) is 79.2 Å². The van der Waals surface area contributed by atoms with Crippen LogP contribution in [0.25, 0.3) is 6.08 Å². The van der Waals surface area contributed by atoms with Crippen LogP contribution in [0.2, 0.25) is 18.1 Å². The largest absolute Gasteiger partial charge is 0.416 e. The molecule has 0 saturated heterocycles. The van der Waals surface area contributed by atoms with Crippen LogP contribution in [0.3, 0.4) is 0 Å². The van der Waals surface area contributed by atoms with Crippen molar-refractivity contribution in [3.63, 3.8) is 0 Å². The molecule has 0 amide bonds. The van der Waals surface area contributed by atoms with Gasteiger partial charge in [0.1, 0.15) is 0 Å². The van der Waals surface area contributed by atoms with Gasteiger partial charge in [0.2, 0.25) is 0 Å². The van der Waals surface area contributed by atoms with Gasteiger partial charge in [-0.3, -0.25) is 0 Å². The first kappa shape index (κ1) is 19.0. The molecular formula is C17H26BrClOSi. The molecule has 0 heterocycles. The van der Waals surface area contributed by atoms with Gasteiger partial charge in [-0.05, 0) is 23.7 Å². The molecule has 0 aliphatic rings. The summed E-state index contributed by atoms with van der Waals surface area (Å²) >= 11 is 10.1. The van der Waals surface area contributed by atoms with Gasteiger partial charge in [0, 0.05) is 6.61 Å². The molecule has 1 aromatic carbocycles. The summed E-state index contributed by atoms with van der Waals surface area (Å²) < 4.78 is 6.20. The molecule has 4 heteroatoms. The maximum Gasteiger partial charge on any atom is 0.192 e. The fourth-order valence-electron chi connectivity index (χ4n) is 1.48. The van der Waals surface area contributed by atoms with E-state index in [1.54, 1.807) is 0 Å². The molecule has 118 valence electrons. The van der Waals surface area contributed by atoms with Gasteiger partial charge in [0.25, 0.3) is 0 Å². The van der Waals surface area contributed by atoms with Crippen molar-refractivity contribution in [3.05, 3.63) is 42.0 Å². The van der Waals surface area contributed by atoms with E-state index in [2.05, 4.69) is 68.0 Å². The normalized spacial score (nSPS) is 16.1. The fourth-order valence-corrected chi connectivity index (χ4v) is 3.21. The van der Waals surface area contributed by atoms with Crippen molar-refractivity contribution < 1.29 is 4.43 Å². The number of hydrogen-bond donors (Lipinski definition) is 0. The van der Waals surface area contributed by atoms with Crippen LogP contribution in [-0.2, 0) is 4.43 Å². The van der Waals surface area contributed by atoms with E-state index in [1.165, 1.54) is 0 Å². The van der Waals surface area contributed by atoms with Crippen LogP contribution >= 0.6 is 27.5 Å². The lowest BCUT2D eigenvalue weighted by Gasteiger charge is -2.37. The predicted molar refractivity (Wildman–Crippen MR) is 101 cm³/mol. The Kier molecular flexibility index (Phi) is 7.18. The van der Waals surface area contributed by atoms with E-state index in [-0.39, 0.29) is 15.2 Å². The molecule has 0 bridgehead atoms. The smallest absolute Gasteiger partial charge is 0.192 e. The van der Waals surface area contributed by atoms with Crippen LogP contribution in [0.4, 0.5) is 0 Å². The molecule has 0 fully saturated rings. The number of rotatable bonds is 6. The lowest BCUT2D eigenvalue weighted by Crippen LogP contribution is -2.42. The molecule has 2 unspecified atom stereocenters. The zero-order valence-corrected chi connectivity index (χ0v) is 16.9. The van der Waals surface area contributed by atoms with Gasteiger partial charge in [-0.2, -0.15) is 0 Å². The Morgan fingerprint density at radius 1 is 1.24 bits per heavy atom. The topological polar surface area (TPSA) is 9.23 Å². The molecule has 0 aliphatic carbocycles. The first-order chi connectivity index (χ1) is 9.63. The minimum Gasteiger partial charge on any atom is -0.416 e. The highest BCUT2D eigenvalue weighted by Gasteiger charge is 2.37. The third-order valence-corrected chi connectivity index (χ3v) is 10.1. The van der Waals surface area contributed by atoms with Gasteiger partial charge in [0.05, 0.1) is 10.2 Å². The highest BCUT2D eigenvalue weighted by atomic mass is 79.9. The van der Waals surface area contributed by atoms with E-state index in [0.717, 1.165) is 5.56 Å². The van der Waals surface area contributed by atoms with Gasteiger partial charge in [-0.15, -0.1) is 11.6 Å². The summed E-state index contributed by atoms with van der Waals surface area (Å²) in [7, 11) is -1.71. The van der Waals surface area contributed by atoms with E-state index >= 15 is 0 Å². The zero-order chi connectivity index (χ0) is 16.1. The van der Waals surface area contributed by atoms with Crippen molar-refractivity contribution in [2.75, 3.05) is 6.61 Å². The van der Waals surface area contributed by atoms with E-state index in [1.807, 2.05) is 24.3 Å². The summed E-state index contributed by atoms with van der Waals surface area (Å²) in [6.45, 7) is 11.9. The Balaban J connectivity index is 2.52. The molecule has 1 rings (SSSR count). The third kappa shape index (κ3) is 6.27. The van der Waals surface area contributed by atoms with E-state index < -0.39 is 8.32 Å². The Hall–Kier alpha value is -0.0931. The minimum atomic E-state index is -1.71. The SMILES string of the molecule is CC(C)(C)[Si](C)(C)OCC(Br)C(Cl)/C=C/c1ccccc1. The summed E-state index contributed by atoms with van der Waals surface area (Å²) in [6.07, 6.45) is 4.07. The first-order valence-electron chi connectivity index (χ1n) is 7.29. The molecular weight excluding hydrogens is 364 g/mol. The van der Waals surface area contributed by atoms with E-state index in [4.69, 9.17) is 16.0 Å². The molecule has 0 aromatic heterocycles. The van der Waals surface area contributed by atoms with Gasteiger partial charge in [-0.25, -0.2) is 0 Å². The highest BCUT2D eigenvalue weighted by Crippen LogP contribution is 2.37. The number of halogens is 2. The Bertz CT molecular complexity index is 454. The van der Waals surface area contributed by atoms with Gasteiger partial charge < -0.3 is 4.43 Å². The molecule has 0 radical (unpaired) electrons. The number of hydrogen-bond acceptors (Lipinski definition) is 1. The molecule has 1 aromatic rings. The van der Waals surface area contributed by atoms with Gasteiger partial charge >= 0.3 is 0 Å². The number of alkyl halides is 2. The molecule has 0 N–H and O–H groups in total. The Morgan fingerprint density at radius 3 is 2.33 bits per heavy atom. The molecule has 1 nitrogen and oxygen atoms in total. The maximum atomic E-state index is 6.43. The van der Waals surface area contributed by atoms with Crippen LogP contribution < -0.4 is 0 Å². The van der Waals surface area contributed by atoms with E-state index in [0.29, 0.717) is 6.61 Å². The average molecular weight is 390 g/mol. The molecule has 0 spiro atoms. The fraction of sp³-hybridized carbons (Fsp3) is 0.529. The molecule has 21 heavy (non-hydrogen) atoms. The van der Waals surface area contributed by atoms with Crippen molar-refractivity contribution in [2.45, 2.75) is 49.1 Å². The van der Waals surface area contributed by atoms with Crippen LogP contribution in [0.15, 0.2) is 36.4 Å². The summed E-state index contributed by atoms with van der Waals surface area (Å²) in [4.78, 5) is 0.119. The number of benzene rings is 1. The predicted octanol–water partition coefficient (Wildman–Crippen LogP) is 6.09. The van der Waals surface area contributed by atoms with Crippen LogP contribution in [0, 0.1) is 0 Å². The van der Waals surface area contributed by atoms with Crippen molar-refractivity contribution >= 4 is 41.9 Å². The molecule has 0 aliphatic heterocycles. The second kappa shape index (κ2) is 7.96. The second-order valence-corrected chi connectivity index (χ2v) is 13.3. The van der Waals surface area contributed by atoms with Crippen molar-refractivity contribution in [1.82, 2.24) is 0 Å². The molecule has 2 atom stereocenters. The second-order valence-electron chi connectivity index (χ2n) is 6.80. The lowest BCUT2D eigenvalue weighted by molar-refractivity contribution is 0.290. The van der Waals surface area contributed by atoms with Crippen molar-refractivity contribution in [2.24, 2.45) is 0 Å². The van der Waals surface area contributed by atoms with Crippen LogP contribution in [0.5, 0.6) is 0 Å². The quantitative estimate of drug-likeness (QED) is 0.422. The lowest BCUT2D eigenvalue weighted by atomic mass is 10.2. The zero-order valence-electron chi connectivity index (χ0n) is 13.6. The summed E-state index contributed by atoms with van der Waals surface area (Å²) in [5.74, 6) is 0. The Labute approximate surface area is 144 Å². The monoisotopic (exact) mass is 388 g/mol.